The molecule has 0 unspecified atom stereocenters. The van der Waals surface area contributed by atoms with Gasteiger partial charge in [-0.15, -0.1) is 0 Å². The summed E-state index contributed by atoms with van der Waals surface area (Å²) in [4.78, 5) is 17.2. The van der Waals surface area contributed by atoms with Crippen LogP contribution in [-0.2, 0) is 10.0 Å². The lowest BCUT2D eigenvalue weighted by Crippen LogP contribution is -2.45. The minimum atomic E-state index is -3.53. The molecule has 1 aromatic carbocycles. The Balaban J connectivity index is 1.81. The lowest BCUT2D eigenvalue weighted by molar-refractivity contribution is 0.0949. The van der Waals surface area contributed by atoms with Crippen molar-refractivity contribution in [1.82, 2.24) is 19.4 Å². The van der Waals surface area contributed by atoms with E-state index in [0.717, 1.165) is 39.1 Å². The molecule has 27 heavy (non-hydrogen) atoms. The molecule has 0 bridgehead atoms. The van der Waals surface area contributed by atoms with Crippen molar-refractivity contribution in [3.63, 3.8) is 0 Å². The minimum Gasteiger partial charge on any atom is -0.352 e. The van der Waals surface area contributed by atoms with Crippen molar-refractivity contribution in [3.05, 3.63) is 29.8 Å². The normalized spacial score (nSPS) is 16.8. The highest BCUT2D eigenvalue weighted by Crippen LogP contribution is 2.17. The third kappa shape index (κ3) is 6.00. The van der Waals surface area contributed by atoms with Crippen molar-refractivity contribution in [2.75, 3.05) is 53.4 Å². The SMILES string of the molecule is CC(C)N(C)S(=O)(=O)c1ccc(C(=O)NCCCN2CCN(C)CC2)cc1. The van der Waals surface area contributed by atoms with E-state index in [-0.39, 0.29) is 16.8 Å². The average Bonchev–Trinajstić information content (AvgIpc) is 2.65. The average molecular weight is 397 g/mol. The summed E-state index contributed by atoms with van der Waals surface area (Å²) < 4.78 is 26.2. The third-order valence-corrected chi connectivity index (χ3v) is 7.10. The number of likely N-dealkylation sites (N-methyl/N-ethyl adjacent to an activating group) is 1. The van der Waals surface area contributed by atoms with Crippen LogP contribution in [0.15, 0.2) is 29.2 Å². The number of hydrogen-bond donors (Lipinski definition) is 1. The second-order valence-corrected chi connectivity index (χ2v) is 9.39. The highest BCUT2D eigenvalue weighted by Gasteiger charge is 2.23. The van der Waals surface area contributed by atoms with Gasteiger partial charge in [0, 0.05) is 51.4 Å². The Kier molecular flexibility index (Phi) is 7.79. The molecule has 0 spiro atoms. The van der Waals surface area contributed by atoms with Gasteiger partial charge in [0.05, 0.1) is 4.90 Å². The number of carbonyl (C=O) groups is 1. The Bertz CT molecular complexity index is 711. The summed E-state index contributed by atoms with van der Waals surface area (Å²) in [6, 6.07) is 5.99. The van der Waals surface area contributed by atoms with Gasteiger partial charge in [0.25, 0.3) is 5.91 Å². The van der Waals surface area contributed by atoms with Crippen molar-refractivity contribution in [2.24, 2.45) is 0 Å². The summed E-state index contributed by atoms with van der Waals surface area (Å²) in [5, 5.41) is 2.91. The number of rotatable bonds is 8. The lowest BCUT2D eigenvalue weighted by Gasteiger charge is -2.32. The standard InChI is InChI=1S/C19H32N4O3S/c1-16(2)22(4)27(25,26)18-8-6-17(7-9-18)19(24)20-10-5-11-23-14-12-21(3)13-15-23/h6-9,16H,5,10-15H2,1-4H3,(H,20,24). The monoisotopic (exact) mass is 396 g/mol. The molecule has 8 heteroatoms. The Morgan fingerprint density at radius 3 is 2.30 bits per heavy atom. The molecular formula is C19H32N4O3S. The smallest absolute Gasteiger partial charge is 0.251 e. The molecule has 0 saturated carbocycles. The number of sulfonamides is 1. The fourth-order valence-electron chi connectivity index (χ4n) is 2.90. The summed E-state index contributed by atoms with van der Waals surface area (Å²) in [7, 11) is 0.165. The second kappa shape index (κ2) is 9.64. The molecule has 0 radical (unpaired) electrons. The minimum absolute atomic E-state index is 0.127. The van der Waals surface area contributed by atoms with Crippen LogP contribution in [0.2, 0.25) is 0 Å². The molecule has 1 aliphatic rings. The first-order chi connectivity index (χ1) is 12.7. The Morgan fingerprint density at radius 1 is 1.15 bits per heavy atom. The van der Waals surface area contributed by atoms with E-state index < -0.39 is 10.0 Å². The van der Waals surface area contributed by atoms with E-state index in [1.165, 1.54) is 16.4 Å². The van der Waals surface area contributed by atoms with Gasteiger partial charge in [-0.25, -0.2) is 8.42 Å². The van der Waals surface area contributed by atoms with Crippen LogP contribution in [0.1, 0.15) is 30.6 Å². The van der Waals surface area contributed by atoms with Crippen LogP contribution in [0.25, 0.3) is 0 Å². The van der Waals surface area contributed by atoms with Gasteiger partial charge < -0.3 is 15.1 Å². The van der Waals surface area contributed by atoms with Gasteiger partial charge in [-0.05, 0) is 58.1 Å². The van der Waals surface area contributed by atoms with E-state index in [9.17, 15) is 13.2 Å². The maximum atomic E-state index is 12.5. The topological polar surface area (TPSA) is 73.0 Å². The summed E-state index contributed by atoms with van der Waals surface area (Å²) >= 11 is 0. The first kappa shape index (κ1) is 21.8. The molecule has 0 atom stereocenters. The molecule has 1 aromatic rings. The van der Waals surface area contributed by atoms with Crippen molar-refractivity contribution in [3.8, 4) is 0 Å². The first-order valence-corrected chi connectivity index (χ1v) is 10.9. The van der Waals surface area contributed by atoms with Crippen molar-refractivity contribution < 1.29 is 13.2 Å². The molecule has 1 heterocycles. The van der Waals surface area contributed by atoms with Crippen LogP contribution in [-0.4, -0.2) is 87.8 Å². The summed E-state index contributed by atoms with van der Waals surface area (Å²) in [5.41, 5.74) is 0.473. The zero-order valence-corrected chi connectivity index (χ0v) is 17.6. The molecular weight excluding hydrogens is 364 g/mol. The Morgan fingerprint density at radius 2 is 1.74 bits per heavy atom. The molecule has 1 N–H and O–H groups in total. The molecule has 1 amide bonds. The van der Waals surface area contributed by atoms with Gasteiger partial charge in [-0.1, -0.05) is 0 Å². The van der Waals surface area contributed by atoms with E-state index in [0.29, 0.717) is 12.1 Å². The number of benzene rings is 1. The highest BCUT2D eigenvalue weighted by molar-refractivity contribution is 7.89. The van der Waals surface area contributed by atoms with E-state index >= 15 is 0 Å². The van der Waals surface area contributed by atoms with Crippen LogP contribution in [0.5, 0.6) is 0 Å². The van der Waals surface area contributed by atoms with Crippen LogP contribution in [0.3, 0.4) is 0 Å². The maximum absolute atomic E-state index is 12.5. The van der Waals surface area contributed by atoms with Crippen LogP contribution >= 0.6 is 0 Å². The predicted octanol–water partition coefficient (Wildman–Crippen LogP) is 1.08. The quantitative estimate of drug-likeness (QED) is 0.666. The molecule has 152 valence electrons. The van der Waals surface area contributed by atoms with Gasteiger partial charge in [-0.3, -0.25) is 4.79 Å². The molecule has 7 nitrogen and oxygen atoms in total. The fraction of sp³-hybridized carbons (Fsp3) is 0.632. The van der Waals surface area contributed by atoms with Crippen LogP contribution in [0.4, 0.5) is 0 Å². The number of piperazine rings is 1. The Hall–Kier alpha value is -1.48. The largest absolute Gasteiger partial charge is 0.352 e. The first-order valence-electron chi connectivity index (χ1n) is 9.49. The molecule has 1 fully saturated rings. The van der Waals surface area contributed by atoms with Gasteiger partial charge in [0.1, 0.15) is 0 Å². The Labute approximate surface area is 163 Å². The molecule has 1 aliphatic heterocycles. The zero-order valence-electron chi connectivity index (χ0n) is 16.8. The summed E-state index contributed by atoms with van der Waals surface area (Å²) in [6.07, 6.45) is 0.904. The number of amides is 1. The zero-order chi connectivity index (χ0) is 20.0. The second-order valence-electron chi connectivity index (χ2n) is 7.39. The van der Waals surface area contributed by atoms with E-state index in [1.54, 1.807) is 19.2 Å². The van der Waals surface area contributed by atoms with Gasteiger partial charge in [0.15, 0.2) is 0 Å². The van der Waals surface area contributed by atoms with E-state index in [2.05, 4.69) is 22.2 Å². The van der Waals surface area contributed by atoms with Crippen LogP contribution in [0, 0.1) is 0 Å². The molecule has 1 saturated heterocycles. The van der Waals surface area contributed by atoms with Gasteiger partial charge >= 0.3 is 0 Å². The molecule has 0 aliphatic carbocycles. The number of nitrogens with one attached hydrogen (secondary N) is 1. The number of nitrogens with zero attached hydrogens (tertiary/aromatic N) is 3. The number of hydrogen-bond acceptors (Lipinski definition) is 5. The summed E-state index contributed by atoms with van der Waals surface area (Å²) in [6.45, 7) is 9.56. The highest BCUT2D eigenvalue weighted by atomic mass is 32.2. The molecule has 0 aromatic heterocycles. The van der Waals surface area contributed by atoms with Crippen LogP contribution < -0.4 is 5.32 Å². The maximum Gasteiger partial charge on any atom is 0.251 e. The lowest BCUT2D eigenvalue weighted by atomic mass is 10.2. The van der Waals surface area contributed by atoms with E-state index in [4.69, 9.17) is 0 Å². The van der Waals surface area contributed by atoms with Gasteiger partial charge in [-0.2, -0.15) is 4.31 Å². The van der Waals surface area contributed by atoms with Gasteiger partial charge in [0.2, 0.25) is 10.0 Å². The van der Waals surface area contributed by atoms with E-state index in [1.807, 2.05) is 13.8 Å². The van der Waals surface area contributed by atoms with Crippen molar-refractivity contribution in [1.29, 1.82) is 0 Å². The number of carbonyl (C=O) groups excluding carboxylic acids is 1. The summed E-state index contributed by atoms with van der Waals surface area (Å²) in [5.74, 6) is -0.172. The fourth-order valence-corrected chi connectivity index (χ4v) is 4.27. The van der Waals surface area contributed by atoms with Crippen molar-refractivity contribution >= 4 is 15.9 Å². The molecule has 2 rings (SSSR count). The predicted molar refractivity (Wildman–Crippen MR) is 107 cm³/mol. The third-order valence-electron chi connectivity index (χ3n) is 5.05. The van der Waals surface area contributed by atoms with Crippen molar-refractivity contribution in [2.45, 2.75) is 31.2 Å².